The van der Waals surface area contributed by atoms with E-state index in [1.54, 1.807) is 36.4 Å². The van der Waals surface area contributed by atoms with Crippen LogP contribution in [0.1, 0.15) is 11.7 Å². The number of aliphatic hydroxyl groups is 1. The minimum Gasteiger partial charge on any atom is -0.387 e. The molecule has 0 aliphatic carbocycles. The maximum absolute atomic E-state index is 13.6. The van der Waals surface area contributed by atoms with Crippen molar-refractivity contribution in [3.05, 3.63) is 63.3 Å². The molecule has 19 heavy (non-hydrogen) atoms. The van der Waals surface area contributed by atoms with Crippen molar-refractivity contribution in [1.82, 2.24) is 0 Å². The Bertz CT molecular complexity index is 559. The smallest absolute Gasteiger partial charge is 0.147 e. The van der Waals surface area contributed by atoms with Crippen molar-refractivity contribution >= 4 is 33.2 Å². The highest BCUT2D eigenvalue weighted by molar-refractivity contribution is 9.10. The van der Waals surface area contributed by atoms with Gasteiger partial charge in [0.1, 0.15) is 5.82 Å². The van der Waals surface area contributed by atoms with E-state index in [1.807, 2.05) is 0 Å². The molecule has 0 bridgehead atoms. The highest BCUT2D eigenvalue weighted by Gasteiger charge is 2.13. The lowest BCUT2D eigenvalue weighted by atomic mass is 10.1. The predicted octanol–water partition coefficient (Wildman–Crippen LogP) is 4.39. The lowest BCUT2D eigenvalue weighted by molar-refractivity contribution is 0.191. The average molecular weight is 345 g/mol. The molecular weight excluding hydrogens is 333 g/mol. The minimum absolute atomic E-state index is 0.170. The summed E-state index contributed by atoms with van der Waals surface area (Å²) in [6.07, 6.45) is -0.805. The molecule has 2 N–H and O–H groups in total. The van der Waals surface area contributed by atoms with Gasteiger partial charge < -0.3 is 10.4 Å². The van der Waals surface area contributed by atoms with E-state index in [0.717, 1.165) is 0 Å². The summed E-state index contributed by atoms with van der Waals surface area (Å²) in [6, 6.07) is 11.7. The van der Waals surface area contributed by atoms with E-state index in [0.29, 0.717) is 20.7 Å². The standard InChI is InChI=1S/C14H12BrClFNO/c15-10-5-3-7-12(17)14(10)18-8-13(19)9-4-1-2-6-11(9)16/h1-7,13,18-19H,8H2. The molecule has 0 aromatic heterocycles. The molecule has 0 amide bonds. The van der Waals surface area contributed by atoms with Crippen LogP contribution >= 0.6 is 27.5 Å². The largest absolute Gasteiger partial charge is 0.387 e. The fraction of sp³-hybridized carbons (Fsp3) is 0.143. The van der Waals surface area contributed by atoms with Crippen molar-refractivity contribution in [3.63, 3.8) is 0 Å². The third kappa shape index (κ3) is 3.47. The van der Waals surface area contributed by atoms with Crippen molar-refractivity contribution in [1.29, 1.82) is 0 Å². The zero-order valence-electron chi connectivity index (χ0n) is 9.91. The summed E-state index contributed by atoms with van der Waals surface area (Å²) in [6.45, 7) is 0.170. The van der Waals surface area contributed by atoms with E-state index in [2.05, 4.69) is 21.2 Å². The zero-order chi connectivity index (χ0) is 13.8. The Morgan fingerprint density at radius 1 is 1.21 bits per heavy atom. The number of aliphatic hydroxyl groups excluding tert-OH is 1. The van der Waals surface area contributed by atoms with Crippen molar-refractivity contribution in [3.8, 4) is 0 Å². The van der Waals surface area contributed by atoms with Gasteiger partial charge in [0.05, 0.1) is 11.8 Å². The average Bonchev–Trinajstić information content (AvgIpc) is 2.38. The van der Waals surface area contributed by atoms with Crippen LogP contribution in [0.5, 0.6) is 0 Å². The van der Waals surface area contributed by atoms with E-state index < -0.39 is 6.10 Å². The third-order valence-corrected chi connectivity index (χ3v) is 3.70. The van der Waals surface area contributed by atoms with E-state index in [1.165, 1.54) is 6.07 Å². The highest BCUT2D eigenvalue weighted by Crippen LogP contribution is 2.27. The first kappa shape index (κ1) is 14.3. The van der Waals surface area contributed by atoms with Gasteiger partial charge in [0.15, 0.2) is 0 Å². The zero-order valence-corrected chi connectivity index (χ0v) is 12.2. The van der Waals surface area contributed by atoms with Crippen LogP contribution in [0.25, 0.3) is 0 Å². The maximum atomic E-state index is 13.6. The van der Waals surface area contributed by atoms with Crippen LogP contribution in [0.4, 0.5) is 10.1 Å². The SMILES string of the molecule is OC(CNc1c(F)cccc1Br)c1ccccc1Cl. The number of hydrogen-bond acceptors (Lipinski definition) is 2. The van der Waals surface area contributed by atoms with Gasteiger partial charge >= 0.3 is 0 Å². The molecule has 100 valence electrons. The number of nitrogens with one attached hydrogen (secondary N) is 1. The van der Waals surface area contributed by atoms with Gasteiger partial charge in [-0.2, -0.15) is 0 Å². The highest BCUT2D eigenvalue weighted by atomic mass is 79.9. The number of benzene rings is 2. The van der Waals surface area contributed by atoms with Crippen molar-refractivity contribution in [2.75, 3.05) is 11.9 Å². The molecule has 2 aromatic carbocycles. The second kappa shape index (κ2) is 6.37. The van der Waals surface area contributed by atoms with Gasteiger partial charge in [0, 0.05) is 21.6 Å². The molecule has 2 rings (SSSR count). The summed E-state index contributed by atoms with van der Waals surface area (Å²) in [5.41, 5.74) is 0.942. The molecule has 0 heterocycles. The summed E-state index contributed by atoms with van der Waals surface area (Å²) < 4.78 is 14.2. The van der Waals surface area contributed by atoms with Crippen LogP contribution < -0.4 is 5.32 Å². The summed E-state index contributed by atoms with van der Waals surface area (Å²) in [4.78, 5) is 0. The van der Waals surface area contributed by atoms with Gasteiger partial charge in [-0.3, -0.25) is 0 Å². The fourth-order valence-corrected chi connectivity index (χ4v) is 2.46. The molecule has 0 radical (unpaired) electrons. The Morgan fingerprint density at radius 2 is 1.95 bits per heavy atom. The molecule has 0 spiro atoms. The quantitative estimate of drug-likeness (QED) is 0.862. The van der Waals surface area contributed by atoms with E-state index in [9.17, 15) is 9.50 Å². The van der Waals surface area contributed by atoms with Crippen LogP contribution in [-0.4, -0.2) is 11.7 Å². The van der Waals surface area contributed by atoms with E-state index in [4.69, 9.17) is 11.6 Å². The number of halogens is 3. The van der Waals surface area contributed by atoms with Crippen LogP contribution in [0.2, 0.25) is 5.02 Å². The Hall–Kier alpha value is -1.10. The first-order chi connectivity index (χ1) is 9.09. The van der Waals surface area contributed by atoms with Gasteiger partial charge in [0.25, 0.3) is 0 Å². The molecule has 2 nitrogen and oxygen atoms in total. The first-order valence-corrected chi connectivity index (χ1v) is 6.87. The van der Waals surface area contributed by atoms with E-state index in [-0.39, 0.29) is 12.4 Å². The maximum Gasteiger partial charge on any atom is 0.147 e. The monoisotopic (exact) mass is 343 g/mol. The second-order valence-corrected chi connectivity index (χ2v) is 5.28. The van der Waals surface area contributed by atoms with Crippen LogP contribution in [0.3, 0.4) is 0 Å². The van der Waals surface area contributed by atoms with Crippen LogP contribution in [-0.2, 0) is 0 Å². The van der Waals surface area contributed by atoms with Gasteiger partial charge in [-0.05, 0) is 34.1 Å². The molecule has 0 fully saturated rings. The van der Waals surface area contributed by atoms with Crippen LogP contribution in [0.15, 0.2) is 46.9 Å². The van der Waals surface area contributed by atoms with Crippen molar-refractivity contribution < 1.29 is 9.50 Å². The molecule has 0 saturated heterocycles. The first-order valence-electron chi connectivity index (χ1n) is 5.70. The fourth-order valence-electron chi connectivity index (χ4n) is 1.72. The topological polar surface area (TPSA) is 32.3 Å². The Morgan fingerprint density at radius 3 is 2.63 bits per heavy atom. The molecule has 1 unspecified atom stereocenters. The number of rotatable bonds is 4. The lowest BCUT2D eigenvalue weighted by Gasteiger charge is -2.15. The molecule has 0 saturated carbocycles. The number of hydrogen-bond donors (Lipinski definition) is 2. The second-order valence-electron chi connectivity index (χ2n) is 4.01. The lowest BCUT2D eigenvalue weighted by Crippen LogP contribution is -2.13. The van der Waals surface area contributed by atoms with Gasteiger partial charge in [-0.25, -0.2) is 4.39 Å². The van der Waals surface area contributed by atoms with Gasteiger partial charge in [0.2, 0.25) is 0 Å². The summed E-state index contributed by atoms with van der Waals surface area (Å²) in [5.74, 6) is -0.374. The third-order valence-electron chi connectivity index (χ3n) is 2.70. The van der Waals surface area contributed by atoms with Gasteiger partial charge in [-0.1, -0.05) is 35.9 Å². The van der Waals surface area contributed by atoms with Crippen molar-refractivity contribution in [2.24, 2.45) is 0 Å². The summed E-state index contributed by atoms with van der Waals surface area (Å²) in [7, 11) is 0. The minimum atomic E-state index is -0.805. The summed E-state index contributed by atoms with van der Waals surface area (Å²) >= 11 is 9.25. The summed E-state index contributed by atoms with van der Waals surface area (Å²) in [5, 5.41) is 13.4. The Balaban J connectivity index is 2.09. The van der Waals surface area contributed by atoms with Gasteiger partial charge in [-0.15, -0.1) is 0 Å². The predicted molar refractivity (Wildman–Crippen MR) is 79.0 cm³/mol. The number of para-hydroxylation sites is 1. The Kier molecular flexibility index (Phi) is 4.80. The molecule has 0 aliphatic rings. The molecule has 2 aromatic rings. The van der Waals surface area contributed by atoms with Crippen molar-refractivity contribution in [2.45, 2.75) is 6.10 Å². The Labute approximate surface area is 124 Å². The molecular formula is C14H12BrClFNO. The normalized spacial score (nSPS) is 12.2. The molecule has 0 aliphatic heterocycles. The number of anilines is 1. The van der Waals surface area contributed by atoms with E-state index >= 15 is 0 Å². The van der Waals surface area contributed by atoms with Crippen LogP contribution in [0, 0.1) is 5.82 Å². The molecule has 1 atom stereocenters. The molecule has 5 heteroatoms.